The van der Waals surface area contributed by atoms with Crippen LogP contribution in [0, 0.1) is 11.7 Å². The summed E-state index contributed by atoms with van der Waals surface area (Å²) in [5.41, 5.74) is 1.65. The van der Waals surface area contributed by atoms with Crippen molar-refractivity contribution in [2.45, 2.75) is 32.8 Å². The minimum Gasteiger partial charge on any atom is -0.390 e. The number of benzene rings is 1. The standard InChI is InChI=1S/C16H21FN2O2/c1-11(2)8-16(20)19(3)10-14-9-15(18-21-14)12-4-6-13(17)7-5-12/h4-7,11,14H,8-10H2,1-3H3/t14-/m0/s1. The summed E-state index contributed by atoms with van der Waals surface area (Å²) in [5, 5.41) is 4.05. The molecular formula is C16H21FN2O2. The number of halogens is 1. The van der Waals surface area contributed by atoms with Gasteiger partial charge < -0.3 is 9.74 Å². The van der Waals surface area contributed by atoms with Gasteiger partial charge in [-0.2, -0.15) is 0 Å². The third-order valence-corrected chi connectivity index (χ3v) is 3.40. The number of oxime groups is 1. The quantitative estimate of drug-likeness (QED) is 0.837. The molecule has 0 saturated heterocycles. The van der Waals surface area contributed by atoms with E-state index in [1.165, 1.54) is 12.1 Å². The summed E-state index contributed by atoms with van der Waals surface area (Å²) < 4.78 is 12.9. The molecule has 1 atom stereocenters. The average molecular weight is 292 g/mol. The number of rotatable bonds is 5. The fourth-order valence-electron chi connectivity index (χ4n) is 2.25. The highest BCUT2D eigenvalue weighted by Gasteiger charge is 2.25. The molecule has 21 heavy (non-hydrogen) atoms. The van der Waals surface area contributed by atoms with Crippen LogP contribution in [0.2, 0.25) is 0 Å². The topological polar surface area (TPSA) is 41.9 Å². The Balaban J connectivity index is 1.87. The smallest absolute Gasteiger partial charge is 0.222 e. The van der Waals surface area contributed by atoms with Gasteiger partial charge in [-0.25, -0.2) is 4.39 Å². The molecule has 0 unspecified atom stereocenters. The Kier molecular flexibility index (Phi) is 4.94. The van der Waals surface area contributed by atoms with Crippen molar-refractivity contribution in [1.29, 1.82) is 0 Å². The first-order chi connectivity index (χ1) is 9.95. The lowest BCUT2D eigenvalue weighted by atomic mass is 10.0. The number of carbonyl (C=O) groups is 1. The van der Waals surface area contributed by atoms with Crippen LogP contribution in [0.1, 0.15) is 32.3 Å². The molecule has 1 amide bonds. The Morgan fingerprint density at radius 3 is 2.71 bits per heavy atom. The maximum Gasteiger partial charge on any atom is 0.222 e. The van der Waals surface area contributed by atoms with Crippen LogP contribution < -0.4 is 0 Å². The van der Waals surface area contributed by atoms with E-state index >= 15 is 0 Å². The molecule has 0 fully saturated rings. The third kappa shape index (κ3) is 4.28. The molecule has 114 valence electrons. The van der Waals surface area contributed by atoms with E-state index in [1.54, 1.807) is 24.1 Å². The second kappa shape index (κ2) is 6.70. The zero-order valence-electron chi connectivity index (χ0n) is 12.7. The van der Waals surface area contributed by atoms with E-state index in [9.17, 15) is 9.18 Å². The van der Waals surface area contributed by atoms with Crippen molar-refractivity contribution in [3.05, 3.63) is 35.6 Å². The number of hydrogen-bond donors (Lipinski definition) is 0. The average Bonchev–Trinajstić information content (AvgIpc) is 2.87. The molecule has 1 aliphatic heterocycles. The number of hydrogen-bond acceptors (Lipinski definition) is 3. The molecule has 0 bridgehead atoms. The monoisotopic (exact) mass is 292 g/mol. The van der Waals surface area contributed by atoms with Crippen molar-refractivity contribution in [2.75, 3.05) is 13.6 Å². The molecule has 0 aliphatic carbocycles. The van der Waals surface area contributed by atoms with Gasteiger partial charge in [0.25, 0.3) is 0 Å². The van der Waals surface area contributed by atoms with Gasteiger partial charge in [0, 0.05) is 19.9 Å². The van der Waals surface area contributed by atoms with Crippen LogP contribution in [0.5, 0.6) is 0 Å². The minimum atomic E-state index is -0.270. The van der Waals surface area contributed by atoms with E-state index in [4.69, 9.17) is 4.84 Å². The minimum absolute atomic E-state index is 0.115. The molecule has 0 aromatic heterocycles. The van der Waals surface area contributed by atoms with Crippen molar-refractivity contribution in [3.8, 4) is 0 Å². The van der Waals surface area contributed by atoms with Crippen LogP contribution in [0.4, 0.5) is 4.39 Å². The van der Waals surface area contributed by atoms with Crippen LogP contribution >= 0.6 is 0 Å². The van der Waals surface area contributed by atoms with E-state index in [0.717, 1.165) is 11.3 Å². The first-order valence-corrected chi connectivity index (χ1v) is 7.18. The van der Waals surface area contributed by atoms with Gasteiger partial charge in [0.15, 0.2) is 6.10 Å². The molecule has 0 radical (unpaired) electrons. The number of likely N-dealkylation sites (N-methyl/N-ethyl adjacent to an activating group) is 1. The second-order valence-electron chi connectivity index (χ2n) is 5.85. The first-order valence-electron chi connectivity index (χ1n) is 7.18. The Bertz CT molecular complexity index is 526. The summed E-state index contributed by atoms with van der Waals surface area (Å²) in [5.74, 6) is 0.188. The lowest BCUT2D eigenvalue weighted by Gasteiger charge is -2.20. The van der Waals surface area contributed by atoms with Gasteiger partial charge in [0.2, 0.25) is 5.91 Å². The van der Waals surface area contributed by atoms with Crippen LogP contribution in [0.25, 0.3) is 0 Å². The van der Waals surface area contributed by atoms with Gasteiger partial charge in [0.05, 0.1) is 12.3 Å². The van der Waals surface area contributed by atoms with E-state index < -0.39 is 0 Å². The van der Waals surface area contributed by atoms with Crippen molar-refractivity contribution >= 4 is 11.6 Å². The Morgan fingerprint density at radius 1 is 1.43 bits per heavy atom. The van der Waals surface area contributed by atoms with Crippen LogP contribution in [0.3, 0.4) is 0 Å². The van der Waals surface area contributed by atoms with Crippen molar-refractivity contribution < 1.29 is 14.0 Å². The maximum atomic E-state index is 12.9. The van der Waals surface area contributed by atoms with E-state index in [2.05, 4.69) is 5.16 Å². The Labute approximate surface area is 124 Å². The summed E-state index contributed by atoms with van der Waals surface area (Å²) in [6.07, 6.45) is 1.03. The Hall–Kier alpha value is -1.91. The van der Waals surface area contributed by atoms with E-state index in [1.807, 2.05) is 13.8 Å². The molecule has 2 rings (SSSR count). The van der Waals surface area contributed by atoms with Gasteiger partial charge in [-0.05, 0) is 23.6 Å². The lowest BCUT2D eigenvalue weighted by molar-refractivity contribution is -0.132. The van der Waals surface area contributed by atoms with Crippen LogP contribution in [-0.2, 0) is 9.63 Å². The molecule has 0 N–H and O–H groups in total. The molecular weight excluding hydrogens is 271 g/mol. The SMILES string of the molecule is CC(C)CC(=O)N(C)C[C@@H]1CC(c2ccc(F)cc2)=NO1. The third-order valence-electron chi connectivity index (χ3n) is 3.40. The summed E-state index contributed by atoms with van der Waals surface area (Å²) in [7, 11) is 1.78. The number of amides is 1. The largest absolute Gasteiger partial charge is 0.390 e. The second-order valence-corrected chi connectivity index (χ2v) is 5.85. The summed E-state index contributed by atoms with van der Waals surface area (Å²) in [4.78, 5) is 19.0. The summed E-state index contributed by atoms with van der Waals surface area (Å²) >= 11 is 0. The van der Waals surface area contributed by atoms with E-state index in [-0.39, 0.29) is 17.8 Å². The van der Waals surface area contributed by atoms with Crippen LogP contribution in [0.15, 0.2) is 29.4 Å². The maximum absolute atomic E-state index is 12.9. The van der Waals surface area contributed by atoms with Crippen molar-refractivity contribution in [2.24, 2.45) is 11.1 Å². The molecule has 5 heteroatoms. The fourth-order valence-corrected chi connectivity index (χ4v) is 2.25. The zero-order valence-corrected chi connectivity index (χ0v) is 12.7. The molecule has 0 spiro atoms. The van der Waals surface area contributed by atoms with Gasteiger partial charge in [-0.3, -0.25) is 4.79 Å². The van der Waals surface area contributed by atoms with Crippen LogP contribution in [-0.4, -0.2) is 36.2 Å². The molecule has 1 aromatic carbocycles. The lowest BCUT2D eigenvalue weighted by Crippen LogP contribution is -2.35. The fraction of sp³-hybridized carbons (Fsp3) is 0.500. The number of carbonyl (C=O) groups excluding carboxylic acids is 1. The van der Waals surface area contributed by atoms with E-state index in [0.29, 0.717) is 25.3 Å². The molecule has 4 nitrogen and oxygen atoms in total. The zero-order chi connectivity index (χ0) is 15.4. The predicted molar refractivity (Wildman–Crippen MR) is 79.5 cm³/mol. The Morgan fingerprint density at radius 2 is 2.10 bits per heavy atom. The molecule has 0 saturated carbocycles. The van der Waals surface area contributed by atoms with Gasteiger partial charge in [0.1, 0.15) is 5.82 Å². The highest BCUT2D eigenvalue weighted by atomic mass is 19.1. The normalized spacial score (nSPS) is 17.6. The summed E-state index contributed by atoms with van der Waals surface area (Å²) in [6.45, 7) is 4.56. The predicted octanol–water partition coefficient (Wildman–Crippen LogP) is 2.82. The van der Waals surface area contributed by atoms with Gasteiger partial charge in [-0.1, -0.05) is 31.1 Å². The van der Waals surface area contributed by atoms with Gasteiger partial charge >= 0.3 is 0 Å². The first kappa shape index (κ1) is 15.5. The van der Waals surface area contributed by atoms with Gasteiger partial charge in [-0.15, -0.1) is 0 Å². The molecule has 1 aromatic rings. The number of nitrogens with zero attached hydrogens (tertiary/aromatic N) is 2. The van der Waals surface area contributed by atoms with Crippen molar-refractivity contribution in [3.63, 3.8) is 0 Å². The van der Waals surface area contributed by atoms with Crippen molar-refractivity contribution in [1.82, 2.24) is 4.90 Å². The molecule has 1 aliphatic rings. The highest BCUT2D eigenvalue weighted by molar-refractivity contribution is 6.01. The molecule has 1 heterocycles. The highest BCUT2D eigenvalue weighted by Crippen LogP contribution is 2.18. The summed E-state index contributed by atoms with van der Waals surface area (Å²) in [6, 6.07) is 6.19.